The van der Waals surface area contributed by atoms with Gasteiger partial charge in [0.15, 0.2) is 0 Å². The molecule has 0 aliphatic rings. The molecule has 0 saturated heterocycles. The highest BCUT2D eigenvalue weighted by atomic mass is 32.2. The van der Waals surface area contributed by atoms with E-state index in [2.05, 4.69) is 5.32 Å². The molecular formula is C12H18FNOS. The third kappa shape index (κ3) is 4.02. The van der Waals surface area contributed by atoms with Gasteiger partial charge in [-0.3, -0.25) is 4.21 Å². The summed E-state index contributed by atoms with van der Waals surface area (Å²) in [6, 6.07) is 6.79. The Morgan fingerprint density at radius 2 is 2.12 bits per heavy atom. The predicted molar refractivity (Wildman–Crippen MR) is 66.4 cm³/mol. The molecule has 0 aromatic heterocycles. The first-order chi connectivity index (χ1) is 7.65. The van der Waals surface area contributed by atoms with Crippen LogP contribution >= 0.6 is 0 Å². The zero-order valence-electron chi connectivity index (χ0n) is 9.70. The van der Waals surface area contributed by atoms with Gasteiger partial charge in [0.05, 0.1) is 0 Å². The van der Waals surface area contributed by atoms with E-state index in [1.54, 1.807) is 18.4 Å². The van der Waals surface area contributed by atoms with Gasteiger partial charge in [-0.2, -0.15) is 0 Å². The van der Waals surface area contributed by atoms with Crippen LogP contribution in [0.25, 0.3) is 0 Å². The van der Waals surface area contributed by atoms with Crippen LogP contribution in [0, 0.1) is 5.82 Å². The molecule has 2 unspecified atom stereocenters. The minimum absolute atomic E-state index is 0.00440. The van der Waals surface area contributed by atoms with Crippen LogP contribution < -0.4 is 5.32 Å². The van der Waals surface area contributed by atoms with Gasteiger partial charge in [0.2, 0.25) is 0 Å². The molecule has 0 bridgehead atoms. The number of hydrogen-bond donors (Lipinski definition) is 1. The van der Waals surface area contributed by atoms with Crippen molar-refractivity contribution < 1.29 is 8.60 Å². The molecule has 2 atom stereocenters. The summed E-state index contributed by atoms with van der Waals surface area (Å²) in [6.45, 7) is 2.66. The Labute approximate surface area is 98.7 Å². The van der Waals surface area contributed by atoms with E-state index in [1.807, 2.05) is 13.0 Å². The van der Waals surface area contributed by atoms with Crippen molar-refractivity contribution in [3.8, 4) is 0 Å². The van der Waals surface area contributed by atoms with Crippen LogP contribution in [0.15, 0.2) is 24.3 Å². The van der Waals surface area contributed by atoms with Crippen LogP contribution in [0.2, 0.25) is 0 Å². The van der Waals surface area contributed by atoms with E-state index in [0.717, 1.165) is 6.42 Å². The third-order valence-corrected chi connectivity index (χ3v) is 3.25. The highest BCUT2D eigenvalue weighted by Gasteiger charge is 2.12. The molecule has 1 aromatic carbocycles. The van der Waals surface area contributed by atoms with Gasteiger partial charge in [-0.1, -0.05) is 25.1 Å². The van der Waals surface area contributed by atoms with Crippen molar-refractivity contribution in [3.05, 3.63) is 35.6 Å². The Morgan fingerprint density at radius 1 is 1.44 bits per heavy atom. The topological polar surface area (TPSA) is 29.1 Å². The molecular weight excluding hydrogens is 225 g/mol. The SMILES string of the molecule is CCC(NCCS(C)=O)c1ccccc1F. The predicted octanol–water partition coefficient (Wildman–Crippen LogP) is 2.24. The molecule has 1 aromatic rings. The Morgan fingerprint density at radius 3 is 2.69 bits per heavy atom. The zero-order chi connectivity index (χ0) is 12.0. The molecule has 0 amide bonds. The maximum absolute atomic E-state index is 13.5. The van der Waals surface area contributed by atoms with Crippen molar-refractivity contribution in [1.29, 1.82) is 0 Å². The van der Waals surface area contributed by atoms with E-state index in [-0.39, 0.29) is 11.9 Å². The van der Waals surface area contributed by atoms with Gasteiger partial charge in [0.1, 0.15) is 5.82 Å². The third-order valence-electron chi connectivity index (χ3n) is 2.47. The van der Waals surface area contributed by atoms with Gasteiger partial charge in [-0.05, 0) is 12.5 Å². The largest absolute Gasteiger partial charge is 0.309 e. The normalized spacial score (nSPS) is 14.7. The first-order valence-electron chi connectivity index (χ1n) is 5.43. The summed E-state index contributed by atoms with van der Waals surface area (Å²) in [5, 5.41) is 3.22. The fourth-order valence-electron chi connectivity index (χ4n) is 1.61. The van der Waals surface area contributed by atoms with E-state index in [9.17, 15) is 8.60 Å². The van der Waals surface area contributed by atoms with E-state index in [0.29, 0.717) is 17.9 Å². The van der Waals surface area contributed by atoms with Crippen LogP contribution in [0.4, 0.5) is 4.39 Å². The number of benzene rings is 1. The van der Waals surface area contributed by atoms with Crippen LogP contribution in [-0.2, 0) is 10.8 Å². The quantitative estimate of drug-likeness (QED) is 0.830. The Bertz CT molecular complexity index is 357. The van der Waals surface area contributed by atoms with E-state index in [4.69, 9.17) is 0 Å². The maximum Gasteiger partial charge on any atom is 0.127 e. The lowest BCUT2D eigenvalue weighted by Crippen LogP contribution is -2.25. The molecule has 2 nitrogen and oxygen atoms in total. The molecule has 0 saturated carbocycles. The van der Waals surface area contributed by atoms with Gasteiger partial charge in [0, 0.05) is 41.0 Å². The summed E-state index contributed by atoms with van der Waals surface area (Å²) in [5.41, 5.74) is 0.687. The molecule has 0 spiro atoms. The fraction of sp³-hybridized carbons (Fsp3) is 0.500. The number of hydrogen-bond acceptors (Lipinski definition) is 2. The highest BCUT2D eigenvalue weighted by Crippen LogP contribution is 2.19. The number of rotatable bonds is 6. The number of halogens is 1. The second-order valence-corrected chi connectivity index (χ2v) is 5.27. The number of nitrogens with one attached hydrogen (secondary N) is 1. The first kappa shape index (κ1) is 13.3. The van der Waals surface area contributed by atoms with Crippen molar-refractivity contribution in [3.63, 3.8) is 0 Å². The Balaban J connectivity index is 2.60. The van der Waals surface area contributed by atoms with Crippen LogP contribution in [0.3, 0.4) is 0 Å². The first-order valence-corrected chi connectivity index (χ1v) is 7.15. The lowest BCUT2D eigenvalue weighted by atomic mass is 10.0. The highest BCUT2D eigenvalue weighted by molar-refractivity contribution is 7.84. The summed E-state index contributed by atoms with van der Waals surface area (Å²) in [5.74, 6) is 0.421. The monoisotopic (exact) mass is 243 g/mol. The van der Waals surface area contributed by atoms with Crippen LogP contribution in [0.1, 0.15) is 24.9 Å². The summed E-state index contributed by atoms with van der Waals surface area (Å²) < 4.78 is 24.4. The van der Waals surface area contributed by atoms with Crippen LogP contribution in [0.5, 0.6) is 0 Å². The molecule has 4 heteroatoms. The van der Waals surface area contributed by atoms with Crippen molar-refractivity contribution in [2.75, 3.05) is 18.6 Å². The molecule has 0 aliphatic heterocycles. The van der Waals surface area contributed by atoms with Crippen molar-refractivity contribution >= 4 is 10.8 Å². The minimum Gasteiger partial charge on any atom is -0.309 e. The van der Waals surface area contributed by atoms with Crippen LogP contribution in [-0.4, -0.2) is 22.8 Å². The summed E-state index contributed by atoms with van der Waals surface area (Å²) in [7, 11) is -0.802. The molecule has 1 N–H and O–H groups in total. The summed E-state index contributed by atoms with van der Waals surface area (Å²) in [6.07, 6.45) is 2.49. The molecule has 90 valence electrons. The maximum atomic E-state index is 13.5. The van der Waals surface area contributed by atoms with Gasteiger partial charge >= 0.3 is 0 Å². The molecule has 0 heterocycles. The second kappa shape index (κ2) is 6.76. The van der Waals surface area contributed by atoms with E-state index in [1.165, 1.54) is 6.07 Å². The Kier molecular flexibility index (Phi) is 5.63. The molecule has 0 aliphatic carbocycles. The van der Waals surface area contributed by atoms with Crippen molar-refractivity contribution in [2.24, 2.45) is 0 Å². The lowest BCUT2D eigenvalue weighted by molar-refractivity contribution is 0.502. The lowest BCUT2D eigenvalue weighted by Gasteiger charge is -2.17. The smallest absolute Gasteiger partial charge is 0.127 e. The average molecular weight is 243 g/mol. The van der Waals surface area contributed by atoms with E-state index >= 15 is 0 Å². The Hall–Kier alpha value is -0.740. The zero-order valence-corrected chi connectivity index (χ0v) is 10.5. The molecule has 0 radical (unpaired) electrons. The van der Waals surface area contributed by atoms with E-state index < -0.39 is 10.8 Å². The fourth-order valence-corrected chi connectivity index (χ4v) is 2.01. The molecule has 0 fully saturated rings. The van der Waals surface area contributed by atoms with Gasteiger partial charge in [0.25, 0.3) is 0 Å². The summed E-state index contributed by atoms with van der Waals surface area (Å²) >= 11 is 0. The van der Waals surface area contributed by atoms with Crippen molar-refractivity contribution in [1.82, 2.24) is 5.32 Å². The minimum atomic E-state index is -0.802. The van der Waals surface area contributed by atoms with Gasteiger partial charge in [-0.25, -0.2) is 4.39 Å². The average Bonchev–Trinajstić information content (AvgIpc) is 2.25. The molecule has 1 rings (SSSR count). The second-order valence-electron chi connectivity index (χ2n) is 3.71. The van der Waals surface area contributed by atoms with Gasteiger partial charge < -0.3 is 5.32 Å². The molecule has 16 heavy (non-hydrogen) atoms. The van der Waals surface area contributed by atoms with Gasteiger partial charge in [-0.15, -0.1) is 0 Å². The standard InChI is InChI=1S/C12H18FNOS/c1-3-12(14-8-9-16(2)15)10-6-4-5-7-11(10)13/h4-7,12,14H,3,8-9H2,1-2H3. The van der Waals surface area contributed by atoms with Crippen molar-refractivity contribution in [2.45, 2.75) is 19.4 Å². The summed E-state index contributed by atoms with van der Waals surface area (Å²) in [4.78, 5) is 0.